The second kappa shape index (κ2) is 3.27. The van der Waals surface area contributed by atoms with Gasteiger partial charge < -0.3 is 5.11 Å². The van der Waals surface area contributed by atoms with Gasteiger partial charge in [0.1, 0.15) is 5.57 Å². The molecule has 0 aromatic rings. The molecule has 0 aromatic carbocycles. The summed E-state index contributed by atoms with van der Waals surface area (Å²) in [4.78, 5) is 10.4. The number of halogens is 5. The molecule has 1 aliphatic carbocycles. The number of carbonyl (C=O) groups is 1. The first-order chi connectivity index (χ1) is 7.64. The Hall–Kier alpha value is -1.47. The first kappa shape index (κ1) is 12.0. The third-order valence-corrected chi connectivity index (χ3v) is 2.71. The Bertz CT molecular complexity index is 460. The van der Waals surface area contributed by atoms with Gasteiger partial charge in [0.05, 0.1) is 0 Å². The van der Waals surface area contributed by atoms with Gasteiger partial charge in [0, 0.05) is 6.42 Å². The van der Waals surface area contributed by atoms with Crippen molar-refractivity contribution in [3.05, 3.63) is 11.3 Å². The molecule has 0 aromatic heterocycles. The summed E-state index contributed by atoms with van der Waals surface area (Å²) in [5.74, 6) is -4.94. The van der Waals surface area contributed by atoms with E-state index in [1.165, 1.54) is 0 Å². The zero-order chi connectivity index (χ0) is 13.0. The molecule has 3 nitrogen and oxygen atoms in total. The Morgan fingerprint density at radius 3 is 2.47 bits per heavy atom. The predicted molar refractivity (Wildman–Crippen MR) is 45.0 cm³/mol. The molecule has 2 aliphatic rings. The summed E-state index contributed by atoms with van der Waals surface area (Å²) in [5.41, 5.74) is -2.48. The molecule has 8 heteroatoms. The van der Waals surface area contributed by atoms with Crippen molar-refractivity contribution >= 4 is 11.7 Å². The standard InChI is InChI=1S/C9H6F5NO2/c10-8(11)2-1-4-6(8)15(3-5(16)17)7(4)9(12,13)14/h1-3H2/p+1. The summed E-state index contributed by atoms with van der Waals surface area (Å²) in [6.45, 7) is -1.09. The van der Waals surface area contributed by atoms with E-state index < -0.39 is 48.0 Å². The number of alkyl halides is 5. The van der Waals surface area contributed by atoms with Gasteiger partial charge in [0.25, 0.3) is 11.4 Å². The van der Waals surface area contributed by atoms with E-state index in [2.05, 4.69) is 0 Å². The van der Waals surface area contributed by atoms with Crippen LogP contribution in [0.1, 0.15) is 12.8 Å². The van der Waals surface area contributed by atoms with Crippen molar-refractivity contribution in [2.45, 2.75) is 24.9 Å². The van der Waals surface area contributed by atoms with Crippen LogP contribution in [0.15, 0.2) is 11.3 Å². The zero-order valence-corrected chi connectivity index (χ0v) is 8.31. The molecule has 0 bridgehead atoms. The van der Waals surface area contributed by atoms with Crippen LogP contribution in [-0.4, -0.2) is 40.0 Å². The van der Waals surface area contributed by atoms with E-state index in [-0.39, 0.29) is 11.0 Å². The smallest absolute Gasteiger partial charge is 0.477 e. The number of aliphatic carboxylic acids is 1. The van der Waals surface area contributed by atoms with Gasteiger partial charge >= 0.3 is 18.1 Å². The van der Waals surface area contributed by atoms with Crippen molar-refractivity contribution in [1.82, 2.24) is 0 Å². The average Bonchev–Trinajstić information content (AvgIpc) is 2.29. The summed E-state index contributed by atoms with van der Waals surface area (Å²) in [6.07, 6.45) is -5.87. The fourth-order valence-electron chi connectivity index (χ4n) is 2.17. The SMILES string of the molecule is O=C(O)C[N+]1=C2C(=C1C(F)(F)F)CCC2(F)F. The van der Waals surface area contributed by atoms with Crippen molar-refractivity contribution in [3.8, 4) is 0 Å². The third kappa shape index (κ3) is 1.71. The molecule has 0 atom stereocenters. The van der Waals surface area contributed by atoms with Crippen molar-refractivity contribution in [3.63, 3.8) is 0 Å². The van der Waals surface area contributed by atoms with Gasteiger partial charge in [-0.3, -0.25) is 0 Å². The minimum atomic E-state index is -4.80. The maximum absolute atomic E-state index is 13.2. The van der Waals surface area contributed by atoms with Gasteiger partial charge in [-0.15, -0.1) is 0 Å². The van der Waals surface area contributed by atoms with Crippen LogP contribution in [0.25, 0.3) is 0 Å². The van der Waals surface area contributed by atoms with Crippen molar-refractivity contribution in [2.75, 3.05) is 6.54 Å². The topological polar surface area (TPSA) is 40.3 Å². The molecular weight excluding hydrogens is 249 g/mol. The number of rotatable bonds is 2. The fourth-order valence-corrected chi connectivity index (χ4v) is 2.17. The third-order valence-electron chi connectivity index (χ3n) is 2.71. The summed E-state index contributed by atoms with van der Waals surface area (Å²) >= 11 is 0. The molecule has 0 amide bonds. The molecular formula is C9H7F5NO2+. The molecule has 1 saturated carbocycles. The molecule has 17 heavy (non-hydrogen) atoms. The molecule has 0 unspecified atom stereocenters. The number of carboxylic acids is 1. The quantitative estimate of drug-likeness (QED) is 0.604. The van der Waals surface area contributed by atoms with Crippen LogP contribution in [0, 0.1) is 0 Å². The number of hydrogen-bond acceptors (Lipinski definition) is 1. The van der Waals surface area contributed by atoms with E-state index in [4.69, 9.17) is 5.11 Å². The molecule has 1 N–H and O–H groups in total. The Balaban J connectivity index is 2.43. The number of hydrogen-bond donors (Lipinski definition) is 1. The summed E-state index contributed by atoms with van der Waals surface area (Å²) < 4.78 is 64.2. The van der Waals surface area contributed by atoms with Gasteiger partial charge in [-0.25, -0.2) is 4.79 Å². The highest BCUT2D eigenvalue weighted by Crippen LogP contribution is 2.47. The van der Waals surface area contributed by atoms with Gasteiger partial charge in [0.2, 0.25) is 6.54 Å². The van der Waals surface area contributed by atoms with Crippen LogP contribution in [0.4, 0.5) is 22.0 Å². The molecule has 0 spiro atoms. The molecule has 2 rings (SSSR count). The van der Waals surface area contributed by atoms with Crippen LogP contribution in [0.2, 0.25) is 0 Å². The first-order valence-corrected chi connectivity index (χ1v) is 4.70. The highest BCUT2D eigenvalue weighted by atomic mass is 19.4. The van der Waals surface area contributed by atoms with E-state index in [1.807, 2.05) is 0 Å². The second-order valence-electron chi connectivity index (χ2n) is 3.86. The van der Waals surface area contributed by atoms with E-state index in [0.717, 1.165) is 0 Å². The lowest BCUT2D eigenvalue weighted by Gasteiger charge is -2.21. The van der Waals surface area contributed by atoms with Crippen LogP contribution < -0.4 is 0 Å². The lowest BCUT2D eigenvalue weighted by Crippen LogP contribution is -2.46. The van der Waals surface area contributed by atoms with E-state index >= 15 is 0 Å². The molecule has 0 radical (unpaired) electrons. The monoisotopic (exact) mass is 256 g/mol. The zero-order valence-electron chi connectivity index (χ0n) is 8.31. The number of carboxylic acid groups (broad SMARTS) is 1. The summed E-state index contributed by atoms with van der Waals surface area (Å²) in [6, 6.07) is 0. The molecule has 94 valence electrons. The maximum atomic E-state index is 13.2. The van der Waals surface area contributed by atoms with Crippen LogP contribution >= 0.6 is 0 Å². The number of nitrogens with zero attached hydrogens (tertiary/aromatic N) is 1. The van der Waals surface area contributed by atoms with E-state index in [0.29, 0.717) is 0 Å². The lowest BCUT2D eigenvalue weighted by molar-refractivity contribution is -0.512. The normalized spacial score (nSPS) is 22.6. The minimum absolute atomic E-state index is 0.157. The predicted octanol–water partition coefficient (Wildman–Crippen LogP) is 1.78. The average molecular weight is 256 g/mol. The van der Waals surface area contributed by atoms with E-state index in [1.54, 1.807) is 0 Å². The maximum Gasteiger partial charge on any atom is 0.478 e. The Morgan fingerprint density at radius 1 is 1.41 bits per heavy atom. The molecule has 1 heterocycles. The molecule has 1 aliphatic heterocycles. The minimum Gasteiger partial charge on any atom is -0.477 e. The van der Waals surface area contributed by atoms with Gasteiger partial charge in [-0.05, 0) is 6.42 Å². The van der Waals surface area contributed by atoms with Gasteiger partial charge in [0.15, 0.2) is 0 Å². The fraction of sp³-hybridized carbons (Fsp3) is 0.556. The summed E-state index contributed by atoms with van der Waals surface area (Å²) in [5, 5.41) is 8.43. The van der Waals surface area contributed by atoms with Gasteiger partial charge in [-0.1, -0.05) is 0 Å². The molecule has 1 fully saturated rings. The first-order valence-electron chi connectivity index (χ1n) is 4.70. The molecule has 0 saturated heterocycles. The van der Waals surface area contributed by atoms with Crippen molar-refractivity contribution in [1.29, 1.82) is 0 Å². The Labute approximate surface area is 91.8 Å². The van der Waals surface area contributed by atoms with Crippen molar-refractivity contribution < 1.29 is 36.4 Å². The van der Waals surface area contributed by atoms with Crippen LogP contribution in [-0.2, 0) is 4.79 Å². The van der Waals surface area contributed by atoms with Crippen LogP contribution in [0.5, 0.6) is 0 Å². The Kier molecular flexibility index (Phi) is 2.31. The number of fused-ring (bicyclic) bond motifs is 1. The highest BCUT2D eigenvalue weighted by Gasteiger charge is 2.65. The summed E-state index contributed by atoms with van der Waals surface area (Å²) in [7, 11) is 0. The van der Waals surface area contributed by atoms with E-state index in [9.17, 15) is 26.7 Å². The van der Waals surface area contributed by atoms with Gasteiger partial charge in [-0.2, -0.15) is 26.5 Å². The Morgan fingerprint density at radius 2 is 2.00 bits per heavy atom. The second-order valence-corrected chi connectivity index (χ2v) is 3.86. The number of allylic oxidation sites excluding steroid dienone is 2. The van der Waals surface area contributed by atoms with Crippen LogP contribution in [0.3, 0.4) is 0 Å². The van der Waals surface area contributed by atoms with Crippen molar-refractivity contribution in [2.24, 2.45) is 0 Å². The lowest BCUT2D eigenvalue weighted by atomic mass is 10.0. The highest BCUT2D eigenvalue weighted by molar-refractivity contribution is 6.07. The largest absolute Gasteiger partial charge is 0.478 e.